The summed E-state index contributed by atoms with van der Waals surface area (Å²) in [5, 5.41) is 1.96. The predicted molar refractivity (Wildman–Crippen MR) is 141 cm³/mol. The van der Waals surface area contributed by atoms with Crippen LogP contribution in [0.15, 0.2) is 47.5 Å². The predicted octanol–water partition coefficient (Wildman–Crippen LogP) is 9.55. The third-order valence-corrected chi connectivity index (χ3v) is 13.0. The minimum absolute atomic E-state index is 0.395. The van der Waals surface area contributed by atoms with Crippen LogP contribution in [0, 0.1) is 0 Å². The fourth-order valence-electron chi connectivity index (χ4n) is 6.33. The summed E-state index contributed by atoms with van der Waals surface area (Å²) in [6, 6.07) is 13.6. The van der Waals surface area contributed by atoms with E-state index in [1.54, 1.807) is 0 Å². The van der Waals surface area contributed by atoms with Crippen molar-refractivity contribution in [2.45, 2.75) is 77.6 Å². The van der Waals surface area contributed by atoms with Gasteiger partial charge in [-0.3, -0.25) is 0 Å². The Balaban J connectivity index is 1.92. The number of halogens is 2. The van der Waals surface area contributed by atoms with E-state index in [4.69, 9.17) is 23.2 Å². The Morgan fingerprint density at radius 2 is 1.03 bits per heavy atom. The van der Waals surface area contributed by atoms with Crippen molar-refractivity contribution in [3.8, 4) is 0 Å². The van der Waals surface area contributed by atoms with E-state index < -0.39 is 8.07 Å². The Hall–Kier alpha value is -1.28. The molecule has 0 fully saturated rings. The van der Waals surface area contributed by atoms with E-state index in [2.05, 4.69) is 91.0 Å². The Labute approximate surface area is 199 Å². The van der Waals surface area contributed by atoms with Gasteiger partial charge in [0.1, 0.15) is 0 Å². The van der Waals surface area contributed by atoms with E-state index in [0.717, 1.165) is 10.1 Å². The third kappa shape index (κ3) is 3.31. The maximum absolute atomic E-state index is 7.05. The van der Waals surface area contributed by atoms with Gasteiger partial charge in [-0.1, -0.05) is 100 Å². The van der Waals surface area contributed by atoms with Crippen molar-refractivity contribution in [1.29, 1.82) is 0 Å². The minimum Gasteiger partial charge on any atom is -0.0837 e. The first-order valence-corrected chi connectivity index (χ1v) is 15.4. The lowest BCUT2D eigenvalue weighted by Crippen LogP contribution is -2.42. The molecule has 2 aromatic carbocycles. The summed E-state index contributed by atoms with van der Waals surface area (Å²) in [5.41, 5.74) is 11.7. The summed E-state index contributed by atoms with van der Waals surface area (Å²) in [6.45, 7) is 18.6. The molecule has 2 unspecified atom stereocenters. The molecule has 2 aliphatic carbocycles. The van der Waals surface area contributed by atoms with Crippen LogP contribution in [0.5, 0.6) is 0 Å². The molecule has 164 valence electrons. The molecule has 0 amide bonds. The number of hydrogen-bond donors (Lipinski definition) is 0. The lowest BCUT2D eigenvalue weighted by atomic mass is 9.95. The van der Waals surface area contributed by atoms with Crippen LogP contribution >= 0.6 is 23.2 Å². The fraction of sp³-hybridized carbons (Fsp3) is 0.429. The molecular weight excluding hydrogens is 435 g/mol. The molecule has 31 heavy (non-hydrogen) atoms. The van der Waals surface area contributed by atoms with Gasteiger partial charge in [0.2, 0.25) is 0 Å². The summed E-state index contributed by atoms with van der Waals surface area (Å²) < 4.78 is 0. The highest BCUT2D eigenvalue weighted by atomic mass is 35.5. The zero-order valence-corrected chi connectivity index (χ0v) is 22.5. The molecular formula is C28H34Cl2Si. The molecule has 0 aliphatic heterocycles. The van der Waals surface area contributed by atoms with Crippen LogP contribution in [-0.2, 0) is 0 Å². The van der Waals surface area contributed by atoms with Crippen LogP contribution in [0.1, 0.15) is 97.8 Å². The van der Waals surface area contributed by atoms with E-state index in [-0.39, 0.29) is 0 Å². The van der Waals surface area contributed by atoms with Crippen molar-refractivity contribution < 1.29 is 0 Å². The number of hydrogen-bond acceptors (Lipinski definition) is 0. The molecule has 0 saturated carbocycles. The quantitative estimate of drug-likeness (QED) is 0.391. The molecule has 0 nitrogen and oxygen atoms in total. The maximum Gasteiger partial charge on any atom is 0.0723 e. The number of rotatable bonds is 4. The molecule has 3 heteroatoms. The van der Waals surface area contributed by atoms with E-state index in [9.17, 15) is 0 Å². The van der Waals surface area contributed by atoms with Gasteiger partial charge in [0, 0.05) is 21.1 Å². The number of allylic oxidation sites excluding steroid dienone is 2. The van der Waals surface area contributed by atoms with E-state index in [1.165, 1.54) is 44.5 Å². The van der Waals surface area contributed by atoms with Crippen molar-refractivity contribution in [1.82, 2.24) is 0 Å². The first kappa shape index (κ1) is 22.9. The SMILES string of the molecule is CC1=C(Cl)c2c(C(C)C)cccc2C1[Si](C)(C)C1C(C)=C(Cl)c2c(C(C)C)cccc21. The Bertz CT molecular complexity index is 1030. The van der Waals surface area contributed by atoms with Crippen molar-refractivity contribution in [3.63, 3.8) is 0 Å². The van der Waals surface area contributed by atoms with E-state index in [0.29, 0.717) is 22.9 Å². The molecule has 4 rings (SSSR count). The highest BCUT2D eigenvalue weighted by molar-refractivity contribution is 6.82. The average molecular weight is 470 g/mol. The second-order valence-electron chi connectivity index (χ2n) is 10.6. The van der Waals surface area contributed by atoms with Gasteiger partial charge in [-0.05, 0) is 70.2 Å². The normalized spacial score (nSPS) is 20.9. The molecule has 0 spiro atoms. The Morgan fingerprint density at radius 1 is 0.677 bits per heavy atom. The molecule has 0 heterocycles. The molecule has 0 radical (unpaired) electrons. The summed E-state index contributed by atoms with van der Waals surface area (Å²) in [5.74, 6) is 0.911. The van der Waals surface area contributed by atoms with Gasteiger partial charge in [0.25, 0.3) is 0 Å². The van der Waals surface area contributed by atoms with Gasteiger partial charge in [0.05, 0.1) is 8.07 Å². The zero-order chi connectivity index (χ0) is 22.8. The second-order valence-corrected chi connectivity index (χ2v) is 16.2. The van der Waals surface area contributed by atoms with Gasteiger partial charge >= 0.3 is 0 Å². The Kier molecular flexibility index (Phi) is 5.86. The van der Waals surface area contributed by atoms with E-state index >= 15 is 0 Å². The summed E-state index contributed by atoms with van der Waals surface area (Å²) in [6.07, 6.45) is 0. The summed E-state index contributed by atoms with van der Waals surface area (Å²) >= 11 is 14.1. The van der Waals surface area contributed by atoms with Crippen LogP contribution in [0.3, 0.4) is 0 Å². The zero-order valence-electron chi connectivity index (χ0n) is 20.0. The lowest BCUT2D eigenvalue weighted by molar-refractivity contribution is 0.857. The third-order valence-electron chi connectivity index (χ3n) is 7.61. The molecule has 0 saturated heterocycles. The topological polar surface area (TPSA) is 0 Å². The van der Waals surface area contributed by atoms with Crippen molar-refractivity contribution in [3.05, 3.63) is 80.9 Å². The van der Waals surface area contributed by atoms with Crippen LogP contribution in [0.2, 0.25) is 13.1 Å². The van der Waals surface area contributed by atoms with Gasteiger partial charge in [-0.15, -0.1) is 0 Å². The van der Waals surface area contributed by atoms with Crippen molar-refractivity contribution in [2.24, 2.45) is 0 Å². The highest BCUT2D eigenvalue weighted by Crippen LogP contribution is 2.58. The number of benzene rings is 2. The monoisotopic (exact) mass is 468 g/mol. The second kappa shape index (κ2) is 7.94. The molecule has 2 atom stereocenters. The van der Waals surface area contributed by atoms with E-state index in [1.807, 2.05) is 0 Å². The minimum atomic E-state index is -1.95. The fourth-order valence-corrected chi connectivity index (χ4v) is 12.1. The van der Waals surface area contributed by atoms with Gasteiger partial charge in [0.15, 0.2) is 0 Å². The van der Waals surface area contributed by atoms with Crippen LogP contribution in [0.4, 0.5) is 0 Å². The smallest absolute Gasteiger partial charge is 0.0723 e. The summed E-state index contributed by atoms with van der Waals surface area (Å²) in [4.78, 5) is 0. The maximum atomic E-state index is 7.05. The van der Waals surface area contributed by atoms with Crippen molar-refractivity contribution >= 4 is 41.3 Å². The molecule has 0 bridgehead atoms. The van der Waals surface area contributed by atoms with Crippen LogP contribution in [-0.4, -0.2) is 8.07 Å². The first-order chi connectivity index (χ1) is 14.5. The molecule has 0 N–H and O–H groups in total. The highest BCUT2D eigenvalue weighted by Gasteiger charge is 2.49. The average Bonchev–Trinajstić information content (AvgIpc) is 3.13. The van der Waals surface area contributed by atoms with Crippen molar-refractivity contribution in [2.75, 3.05) is 0 Å². The van der Waals surface area contributed by atoms with Crippen LogP contribution in [0.25, 0.3) is 10.1 Å². The van der Waals surface area contributed by atoms with Crippen LogP contribution < -0.4 is 0 Å². The molecule has 2 aromatic rings. The lowest BCUT2D eigenvalue weighted by Gasteiger charge is -2.39. The van der Waals surface area contributed by atoms with Gasteiger partial charge in [-0.25, -0.2) is 0 Å². The Morgan fingerprint density at radius 3 is 1.35 bits per heavy atom. The van der Waals surface area contributed by atoms with Gasteiger partial charge in [-0.2, -0.15) is 0 Å². The van der Waals surface area contributed by atoms with Gasteiger partial charge < -0.3 is 0 Å². The molecule has 0 aromatic heterocycles. The number of fused-ring (bicyclic) bond motifs is 2. The summed E-state index contributed by atoms with van der Waals surface area (Å²) in [7, 11) is -1.95. The standard InChI is InChI=1S/C28H34Cl2Si/c1-15(2)19-11-9-13-21-23(19)25(29)17(5)27(21)31(7,8)28-18(6)26(30)24-20(16(3)4)12-10-14-22(24)28/h9-16,27-28H,1-8H3. The largest absolute Gasteiger partial charge is 0.0837 e. The molecule has 2 aliphatic rings. The first-order valence-electron chi connectivity index (χ1n) is 11.5.